The van der Waals surface area contributed by atoms with Gasteiger partial charge >= 0.3 is 0 Å². The molecule has 0 saturated heterocycles. The molecule has 0 spiro atoms. The van der Waals surface area contributed by atoms with Crippen molar-refractivity contribution in [1.82, 2.24) is 0 Å². The molecule has 420 valence electrons. The molecule has 17 rings (SSSR count). The molecule has 4 aliphatic heterocycles. The van der Waals surface area contributed by atoms with E-state index in [-0.39, 0.29) is 13.4 Å². The van der Waals surface area contributed by atoms with E-state index in [1.165, 1.54) is 209 Å². The summed E-state index contributed by atoms with van der Waals surface area (Å²) in [4.78, 5) is 16.3. The van der Waals surface area contributed by atoms with Crippen LogP contribution in [0.25, 0.3) is 0 Å². The van der Waals surface area contributed by atoms with Crippen LogP contribution in [0.2, 0.25) is 0 Å². The molecule has 10 aromatic rings. The van der Waals surface area contributed by atoms with Crippen molar-refractivity contribution < 1.29 is 0 Å². The van der Waals surface area contributed by atoms with Crippen molar-refractivity contribution >= 4 is 132 Å². The molecule has 3 aliphatic carbocycles. The van der Waals surface area contributed by atoms with Gasteiger partial charge in [-0.3, -0.25) is 0 Å². The number of para-hydroxylation sites is 7. The Bertz CT molecular complexity index is 4110. The van der Waals surface area contributed by atoms with Gasteiger partial charge in [0.25, 0.3) is 13.4 Å². The van der Waals surface area contributed by atoms with Crippen molar-refractivity contribution in [2.24, 2.45) is 0 Å². The Morgan fingerprint density at radius 3 is 0.977 bits per heavy atom. The normalized spacial score (nSPS) is 17.0. The Labute approximate surface area is 509 Å². The topological polar surface area (TPSA) is 19.4 Å². The summed E-state index contributed by atoms with van der Waals surface area (Å²) in [5.74, 6) is 0. The van der Waals surface area contributed by atoms with E-state index in [1.54, 1.807) is 0 Å². The monoisotopic (exact) mass is 1110 g/mol. The Hall–Kier alpha value is -8.87. The minimum Gasteiger partial charge on any atom is -0.365 e. The summed E-state index contributed by atoms with van der Waals surface area (Å²) in [5.41, 5.74) is 26.6. The number of benzene rings is 10. The second-order valence-corrected chi connectivity index (χ2v) is 25.4. The zero-order valence-corrected chi connectivity index (χ0v) is 49.2. The minimum absolute atomic E-state index is 0.0497. The number of nitrogens with zero attached hydrogens (tertiary/aromatic N) is 6. The highest BCUT2D eigenvalue weighted by molar-refractivity contribution is 7.03. The molecule has 0 amide bonds. The van der Waals surface area contributed by atoms with E-state index in [9.17, 15) is 0 Å². The Morgan fingerprint density at radius 1 is 0.256 bits per heavy atom. The fourth-order valence-corrected chi connectivity index (χ4v) is 17.0. The van der Waals surface area contributed by atoms with E-state index in [0.29, 0.717) is 18.1 Å². The SMILES string of the molecule is c1ccc(N2c3ccccc3B3c4cc5c(cc4N(c4ccccc4)c4cc(N(c6ccccc6)C6CCCCC6)cc2c43)N(c2ccccc2)c2cc(N(C3CCCCC3)C3CCCCC3)cc3c2B5c2ccccc2N3c2ccccc2)cc1. The molecule has 10 aromatic carbocycles. The van der Waals surface area contributed by atoms with Crippen LogP contribution in [0, 0.1) is 0 Å². The molecule has 0 bridgehead atoms. The lowest BCUT2D eigenvalue weighted by Gasteiger charge is -2.49. The third-order valence-electron chi connectivity index (χ3n) is 20.6. The van der Waals surface area contributed by atoms with E-state index >= 15 is 0 Å². The molecule has 8 heteroatoms. The van der Waals surface area contributed by atoms with Gasteiger partial charge in [0, 0.05) is 103 Å². The molecular formula is C78H72B2N6. The minimum atomic E-state index is -0.0713. The van der Waals surface area contributed by atoms with Gasteiger partial charge in [-0.05, 0) is 174 Å². The summed E-state index contributed by atoms with van der Waals surface area (Å²) in [5, 5.41) is 0. The quantitative estimate of drug-likeness (QED) is 0.126. The molecule has 86 heavy (non-hydrogen) atoms. The first-order chi connectivity index (χ1) is 42.7. The predicted octanol–water partition coefficient (Wildman–Crippen LogP) is 16.8. The number of hydrogen-bond donors (Lipinski definition) is 0. The maximum absolute atomic E-state index is 2.98. The summed E-state index contributed by atoms with van der Waals surface area (Å²) < 4.78 is 0. The van der Waals surface area contributed by atoms with Crippen LogP contribution in [0.1, 0.15) is 96.3 Å². The van der Waals surface area contributed by atoms with Crippen molar-refractivity contribution in [3.05, 3.63) is 237 Å². The molecule has 0 aromatic heterocycles. The predicted molar refractivity (Wildman–Crippen MR) is 366 cm³/mol. The highest BCUT2D eigenvalue weighted by Crippen LogP contribution is 2.52. The lowest BCUT2D eigenvalue weighted by atomic mass is 9.30. The van der Waals surface area contributed by atoms with Gasteiger partial charge in [-0.1, -0.05) is 191 Å². The maximum Gasteiger partial charge on any atom is 0.252 e. The van der Waals surface area contributed by atoms with Crippen molar-refractivity contribution in [2.45, 2.75) is 114 Å². The van der Waals surface area contributed by atoms with Gasteiger partial charge in [0.05, 0.1) is 0 Å². The van der Waals surface area contributed by atoms with Gasteiger partial charge < -0.3 is 29.4 Å². The highest BCUT2D eigenvalue weighted by Gasteiger charge is 2.49. The number of fused-ring (bicyclic) bond motifs is 8. The Balaban J connectivity index is 0.973. The van der Waals surface area contributed by atoms with Gasteiger partial charge in [-0.25, -0.2) is 0 Å². The molecule has 0 unspecified atom stereocenters. The standard InChI is InChI=1S/C78H72B2N6/c1-9-29-55(30-10-1)81(56-31-11-2-12-32-56)63-49-73-77-75(51-63)85(61-41-21-7-22-42-61)71-54-72-68(53-67(71)79(77)65-45-25-27-47-69(65)83(73)59-37-17-5-18-38-59)80-66-46-26-28-48-70(66)84(60-39-19-6-20-40-60)74-50-64(52-76(78(74)80)86(72)62-43-23-8-24-44-62)82(57-33-13-3-14-34-57)58-35-15-4-16-36-58/h1,5-10,17-30,37-54,56-58H,2-4,11-16,31-36H2. The second-order valence-electron chi connectivity index (χ2n) is 25.4. The third kappa shape index (κ3) is 8.44. The van der Waals surface area contributed by atoms with Crippen LogP contribution in [0.3, 0.4) is 0 Å². The van der Waals surface area contributed by atoms with Crippen LogP contribution in [0.15, 0.2) is 237 Å². The maximum atomic E-state index is 2.98. The zero-order chi connectivity index (χ0) is 56.7. The van der Waals surface area contributed by atoms with Crippen molar-refractivity contribution in [3.8, 4) is 0 Å². The molecule has 7 aliphatic rings. The molecule has 4 heterocycles. The Morgan fingerprint density at radius 2 is 0.581 bits per heavy atom. The van der Waals surface area contributed by atoms with E-state index in [4.69, 9.17) is 0 Å². The van der Waals surface area contributed by atoms with Crippen LogP contribution in [-0.4, -0.2) is 31.6 Å². The summed E-state index contributed by atoms with van der Waals surface area (Å²) >= 11 is 0. The zero-order valence-electron chi connectivity index (χ0n) is 49.2. The molecule has 0 radical (unpaired) electrons. The highest BCUT2D eigenvalue weighted by atomic mass is 15.2. The molecule has 6 nitrogen and oxygen atoms in total. The Kier molecular flexibility index (Phi) is 12.9. The number of rotatable bonds is 10. The van der Waals surface area contributed by atoms with Crippen molar-refractivity contribution in [1.29, 1.82) is 0 Å². The second kappa shape index (κ2) is 21.6. The molecule has 0 atom stereocenters. The van der Waals surface area contributed by atoms with Crippen LogP contribution in [-0.2, 0) is 0 Å². The molecular weight excluding hydrogens is 1040 g/mol. The van der Waals surface area contributed by atoms with Gasteiger partial charge in [0.2, 0.25) is 0 Å². The number of anilines is 15. The largest absolute Gasteiger partial charge is 0.365 e. The van der Waals surface area contributed by atoms with Gasteiger partial charge in [0.15, 0.2) is 0 Å². The smallest absolute Gasteiger partial charge is 0.252 e. The average molecular weight is 1120 g/mol. The van der Waals surface area contributed by atoms with E-state index in [2.05, 4.69) is 266 Å². The van der Waals surface area contributed by atoms with E-state index in [0.717, 1.165) is 5.69 Å². The molecule has 3 fully saturated rings. The van der Waals surface area contributed by atoms with Crippen molar-refractivity contribution in [2.75, 3.05) is 29.4 Å². The lowest BCUT2D eigenvalue weighted by Crippen LogP contribution is -2.65. The summed E-state index contributed by atoms with van der Waals surface area (Å²) in [7, 11) is 0. The van der Waals surface area contributed by atoms with E-state index < -0.39 is 0 Å². The first kappa shape index (κ1) is 51.5. The molecule has 3 saturated carbocycles. The van der Waals surface area contributed by atoms with Crippen LogP contribution >= 0.6 is 0 Å². The van der Waals surface area contributed by atoms with Crippen LogP contribution in [0.5, 0.6) is 0 Å². The lowest BCUT2D eigenvalue weighted by molar-refractivity contribution is 0.340. The summed E-state index contributed by atoms with van der Waals surface area (Å²) in [6, 6.07) is 92.4. The van der Waals surface area contributed by atoms with Crippen molar-refractivity contribution in [3.63, 3.8) is 0 Å². The van der Waals surface area contributed by atoms with Crippen LogP contribution in [0.4, 0.5) is 85.3 Å². The summed E-state index contributed by atoms with van der Waals surface area (Å²) in [6.07, 6.45) is 19.0. The average Bonchev–Trinajstić information content (AvgIpc) is 0.705. The van der Waals surface area contributed by atoms with Crippen LogP contribution < -0.4 is 62.2 Å². The van der Waals surface area contributed by atoms with Gasteiger partial charge in [-0.15, -0.1) is 0 Å². The third-order valence-corrected chi connectivity index (χ3v) is 20.6. The fraction of sp³-hybridized carbons (Fsp3) is 0.231. The first-order valence-electron chi connectivity index (χ1n) is 32.5. The summed E-state index contributed by atoms with van der Waals surface area (Å²) in [6.45, 7) is -0.121. The van der Waals surface area contributed by atoms with E-state index in [1.807, 2.05) is 0 Å². The van der Waals surface area contributed by atoms with Gasteiger partial charge in [0.1, 0.15) is 0 Å². The fourth-order valence-electron chi connectivity index (χ4n) is 17.0. The molecule has 0 N–H and O–H groups in total. The van der Waals surface area contributed by atoms with Gasteiger partial charge in [-0.2, -0.15) is 0 Å². The first-order valence-corrected chi connectivity index (χ1v) is 32.5. The number of hydrogen-bond acceptors (Lipinski definition) is 6.